The molecule has 0 aromatic heterocycles. The van der Waals surface area contributed by atoms with E-state index in [9.17, 15) is 4.79 Å². The quantitative estimate of drug-likeness (QED) is 0.529. The third-order valence-electron chi connectivity index (χ3n) is 1.43. The van der Waals surface area contributed by atoms with Crippen LogP contribution in [0.1, 0.15) is 13.3 Å². The zero-order valence-corrected chi connectivity index (χ0v) is 5.46. The molecule has 0 aliphatic heterocycles. The van der Waals surface area contributed by atoms with Crippen molar-refractivity contribution in [2.45, 2.75) is 19.4 Å². The summed E-state index contributed by atoms with van der Waals surface area (Å²) in [5.41, 5.74) is 5.40. The lowest BCUT2D eigenvalue weighted by Crippen LogP contribution is -2.13. The summed E-state index contributed by atoms with van der Waals surface area (Å²) in [7, 11) is 0. The summed E-state index contributed by atoms with van der Waals surface area (Å²) >= 11 is 0. The first-order chi connectivity index (χ1) is 4.25. The molecule has 1 aliphatic carbocycles. The predicted molar refractivity (Wildman–Crippen MR) is 32.7 cm³/mol. The number of hydrogen-bond acceptors (Lipinski definition) is 3. The summed E-state index contributed by atoms with van der Waals surface area (Å²) in [6.45, 7) is 2.26. The first-order valence-corrected chi connectivity index (χ1v) is 3.18. The molecule has 2 atom stereocenters. The van der Waals surface area contributed by atoms with Gasteiger partial charge in [0.05, 0.1) is 12.5 Å². The van der Waals surface area contributed by atoms with Gasteiger partial charge in [0.1, 0.15) is 0 Å². The van der Waals surface area contributed by atoms with Crippen molar-refractivity contribution in [2.24, 2.45) is 11.7 Å². The lowest BCUT2D eigenvalue weighted by Gasteiger charge is -1.96. The highest BCUT2D eigenvalue weighted by molar-refractivity contribution is 5.76. The van der Waals surface area contributed by atoms with Gasteiger partial charge in [0.2, 0.25) is 0 Å². The first-order valence-electron chi connectivity index (χ1n) is 3.18. The Labute approximate surface area is 54.2 Å². The monoisotopic (exact) mass is 129 g/mol. The van der Waals surface area contributed by atoms with Crippen LogP contribution in [-0.2, 0) is 9.53 Å². The number of rotatable bonds is 2. The highest BCUT2D eigenvalue weighted by Crippen LogP contribution is 2.28. The van der Waals surface area contributed by atoms with Gasteiger partial charge in [-0.2, -0.15) is 0 Å². The van der Waals surface area contributed by atoms with Crippen molar-refractivity contribution in [3.63, 3.8) is 0 Å². The molecular formula is C6H11NO2. The Morgan fingerprint density at radius 3 is 2.78 bits per heavy atom. The summed E-state index contributed by atoms with van der Waals surface area (Å²) in [5, 5.41) is 0. The van der Waals surface area contributed by atoms with Crippen LogP contribution in [0.15, 0.2) is 0 Å². The van der Waals surface area contributed by atoms with E-state index in [1.54, 1.807) is 6.92 Å². The molecule has 1 fully saturated rings. The molecule has 2 N–H and O–H groups in total. The number of nitrogens with two attached hydrogens (primary N) is 1. The topological polar surface area (TPSA) is 52.3 Å². The second-order valence-electron chi connectivity index (χ2n) is 2.26. The fraction of sp³-hybridized carbons (Fsp3) is 0.833. The van der Waals surface area contributed by atoms with Gasteiger partial charge in [-0.3, -0.25) is 4.79 Å². The third-order valence-corrected chi connectivity index (χ3v) is 1.43. The number of carbonyl (C=O) groups is 1. The smallest absolute Gasteiger partial charge is 0.310 e. The molecule has 1 rings (SSSR count). The molecule has 0 unspecified atom stereocenters. The van der Waals surface area contributed by atoms with Crippen LogP contribution in [0.2, 0.25) is 0 Å². The van der Waals surface area contributed by atoms with Crippen molar-refractivity contribution in [2.75, 3.05) is 6.61 Å². The Bertz CT molecular complexity index is 124. The fourth-order valence-electron chi connectivity index (χ4n) is 0.735. The first kappa shape index (κ1) is 6.55. The largest absolute Gasteiger partial charge is 0.466 e. The maximum atomic E-state index is 10.7. The van der Waals surface area contributed by atoms with Crippen LogP contribution >= 0.6 is 0 Å². The number of esters is 1. The van der Waals surface area contributed by atoms with E-state index in [-0.39, 0.29) is 17.9 Å². The van der Waals surface area contributed by atoms with E-state index in [1.165, 1.54) is 0 Å². The van der Waals surface area contributed by atoms with Gasteiger partial charge in [-0.05, 0) is 13.3 Å². The Hall–Kier alpha value is -0.570. The van der Waals surface area contributed by atoms with Crippen molar-refractivity contribution >= 4 is 5.97 Å². The molecule has 0 bridgehead atoms. The summed E-state index contributed by atoms with van der Waals surface area (Å²) < 4.78 is 4.72. The van der Waals surface area contributed by atoms with E-state index in [0.717, 1.165) is 6.42 Å². The maximum Gasteiger partial charge on any atom is 0.310 e. The maximum absolute atomic E-state index is 10.7. The molecule has 3 heteroatoms. The summed E-state index contributed by atoms with van der Waals surface area (Å²) in [6, 6.07) is 0.0732. The van der Waals surface area contributed by atoms with E-state index >= 15 is 0 Å². The highest BCUT2D eigenvalue weighted by atomic mass is 16.5. The minimum Gasteiger partial charge on any atom is -0.466 e. The van der Waals surface area contributed by atoms with Crippen molar-refractivity contribution in [3.8, 4) is 0 Å². The number of hydrogen-bond donors (Lipinski definition) is 1. The van der Waals surface area contributed by atoms with Crippen LogP contribution in [-0.4, -0.2) is 18.6 Å². The third kappa shape index (κ3) is 1.42. The second kappa shape index (κ2) is 2.35. The minimum absolute atomic E-state index is 0.00458. The van der Waals surface area contributed by atoms with Crippen LogP contribution in [0.25, 0.3) is 0 Å². The molecule has 0 radical (unpaired) electrons. The molecule has 0 saturated heterocycles. The van der Waals surface area contributed by atoms with Gasteiger partial charge >= 0.3 is 5.97 Å². The molecule has 3 nitrogen and oxygen atoms in total. The van der Waals surface area contributed by atoms with Crippen molar-refractivity contribution in [1.82, 2.24) is 0 Å². The van der Waals surface area contributed by atoms with E-state index in [4.69, 9.17) is 10.5 Å². The molecule has 1 saturated carbocycles. The zero-order chi connectivity index (χ0) is 6.85. The van der Waals surface area contributed by atoms with Crippen LogP contribution in [0.5, 0.6) is 0 Å². The normalized spacial score (nSPS) is 31.8. The SMILES string of the molecule is CCOC(=O)[C@H]1C[C@@H]1N. The lowest BCUT2D eigenvalue weighted by atomic mass is 10.4. The molecule has 0 heterocycles. The van der Waals surface area contributed by atoms with Crippen LogP contribution in [0.3, 0.4) is 0 Å². The van der Waals surface area contributed by atoms with Gasteiger partial charge in [-0.25, -0.2) is 0 Å². The van der Waals surface area contributed by atoms with Crippen molar-refractivity contribution in [1.29, 1.82) is 0 Å². The van der Waals surface area contributed by atoms with Crippen LogP contribution in [0.4, 0.5) is 0 Å². The van der Waals surface area contributed by atoms with E-state index in [1.807, 2.05) is 0 Å². The molecule has 1 aliphatic rings. The number of ether oxygens (including phenoxy) is 1. The molecular weight excluding hydrogens is 118 g/mol. The van der Waals surface area contributed by atoms with Gasteiger partial charge < -0.3 is 10.5 Å². The van der Waals surface area contributed by atoms with Gasteiger partial charge in [-0.15, -0.1) is 0 Å². The summed E-state index contributed by atoms with van der Waals surface area (Å²) in [4.78, 5) is 10.7. The molecule has 0 spiro atoms. The summed E-state index contributed by atoms with van der Waals surface area (Å²) in [6.07, 6.45) is 0.804. The Balaban J connectivity index is 2.20. The molecule has 0 aromatic carbocycles. The van der Waals surface area contributed by atoms with E-state index in [2.05, 4.69) is 0 Å². The molecule has 0 amide bonds. The molecule has 52 valence electrons. The van der Waals surface area contributed by atoms with Crippen molar-refractivity contribution in [3.05, 3.63) is 0 Å². The average molecular weight is 129 g/mol. The van der Waals surface area contributed by atoms with Gasteiger partial charge in [0.25, 0.3) is 0 Å². The fourth-order valence-corrected chi connectivity index (χ4v) is 0.735. The van der Waals surface area contributed by atoms with Crippen LogP contribution < -0.4 is 5.73 Å². The Morgan fingerprint density at radius 2 is 2.44 bits per heavy atom. The van der Waals surface area contributed by atoms with E-state index < -0.39 is 0 Å². The van der Waals surface area contributed by atoms with Gasteiger partial charge in [-0.1, -0.05) is 0 Å². The Morgan fingerprint density at radius 1 is 1.89 bits per heavy atom. The second-order valence-corrected chi connectivity index (χ2v) is 2.26. The zero-order valence-electron chi connectivity index (χ0n) is 5.46. The molecule has 0 aromatic rings. The van der Waals surface area contributed by atoms with Crippen LogP contribution in [0, 0.1) is 5.92 Å². The van der Waals surface area contributed by atoms with Crippen molar-refractivity contribution < 1.29 is 9.53 Å². The molecule has 9 heavy (non-hydrogen) atoms. The van der Waals surface area contributed by atoms with Gasteiger partial charge in [0, 0.05) is 6.04 Å². The lowest BCUT2D eigenvalue weighted by molar-refractivity contribution is -0.144. The highest BCUT2D eigenvalue weighted by Gasteiger charge is 2.41. The Kier molecular flexibility index (Phi) is 1.71. The predicted octanol–water partition coefficient (Wildman–Crippen LogP) is -0.103. The number of carbonyl (C=O) groups excluding carboxylic acids is 1. The average Bonchev–Trinajstić information content (AvgIpc) is 2.47. The van der Waals surface area contributed by atoms with Gasteiger partial charge in [0.15, 0.2) is 0 Å². The standard InChI is InChI=1S/C6H11NO2/c1-2-9-6(8)4-3-5(4)7/h4-5H,2-3,7H2,1H3/t4-,5-/m0/s1. The minimum atomic E-state index is -0.134. The van der Waals surface area contributed by atoms with E-state index in [0.29, 0.717) is 6.61 Å². The summed E-state index contributed by atoms with van der Waals surface area (Å²) in [5.74, 6) is -0.130.